The summed E-state index contributed by atoms with van der Waals surface area (Å²) in [5.74, 6) is 0.779. The third kappa shape index (κ3) is 5.31. The van der Waals surface area contributed by atoms with Crippen LogP contribution in [0.25, 0.3) is 0 Å². The number of hydrogen-bond donors (Lipinski definition) is 1. The zero-order valence-electron chi connectivity index (χ0n) is 11.6. The fourth-order valence-electron chi connectivity index (χ4n) is 2.40. The van der Waals surface area contributed by atoms with Gasteiger partial charge >= 0.3 is 0 Å². The second-order valence-corrected chi connectivity index (χ2v) is 5.59. The molecule has 1 saturated carbocycles. The lowest BCUT2D eigenvalue weighted by Crippen LogP contribution is -2.41. The highest BCUT2D eigenvalue weighted by Gasteiger charge is 2.21. The Labute approximate surface area is 102 Å². The lowest BCUT2D eigenvalue weighted by atomic mass is 10.1. The molecule has 1 rings (SSSR count). The third-order valence-electron chi connectivity index (χ3n) is 3.47. The SMILES string of the molecule is CCC(CC)N(CCNC1CC1)CC(C)C. The van der Waals surface area contributed by atoms with Crippen molar-refractivity contribution in [2.45, 2.75) is 65.5 Å². The van der Waals surface area contributed by atoms with E-state index < -0.39 is 0 Å². The van der Waals surface area contributed by atoms with Crippen LogP contribution in [0.3, 0.4) is 0 Å². The quantitative estimate of drug-likeness (QED) is 0.650. The van der Waals surface area contributed by atoms with E-state index >= 15 is 0 Å². The van der Waals surface area contributed by atoms with Crippen LogP contribution < -0.4 is 5.32 Å². The highest BCUT2D eigenvalue weighted by atomic mass is 15.2. The van der Waals surface area contributed by atoms with Crippen LogP contribution in [0.1, 0.15) is 53.4 Å². The minimum atomic E-state index is 0.779. The molecule has 0 radical (unpaired) electrons. The fourth-order valence-corrected chi connectivity index (χ4v) is 2.40. The highest BCUT2D eigenvalue weighted by molar-refractivity contribution is 4.81. The Morgan fingerprint density at radius 1 is 1.19 bits per heavy atom. The molecular formula is C14H30N2. The van der Waals surface area contributed by atoms with Crippen LogP contribution in [0.2, 0.25) is 0 Å². The monoisotopic (exact) mass is 226 g/mol. The third-order valence-corrected chi connectivity index (χ3v) is 3.47. The molecule has 0 aromatic heterocycles. The predicted octanol–water partition coefficient (Wildman–Crippen LogP) is 2.89. The first kappa shape index (κ1) is 14.0. The summed E-state index contributed by atoms with van der Waals surface area (Å²) in [5.41, 5.74) is 0. The van der Waals surface area contributed by atoms with E-state index in [-0.39, 0.29) is 0 Å². The molecule has 0 atom stereocenters. The van der Waals surface area contributed by atoms with Crippen molar-refractivity contribution in [2.75, 3.05) is 19.6 Å². The van der Waals surface area contributed by atoms with Crippen LogP contribution in [0.15, 0.2) is 0 Å². The van der Waals surface area contributed by atoms with Crippen molar-refractivity contribution in [3.8, 4) is 0 Å². The molecule has 0 aromatic rings. The van der Waals surface area contributed by atoms with E-state index in [0.29, 0.717) is 0 Å². The number of rotatable bonds is 9. The maximum atomic E-state index is 3.62. The molecule has 0 spiro atoms. The first-order valence-electron chi connectivity index (χ1n) is 7.14. The van der Waals surface area contributed by atoms with E-state index in [2.05, 4.69) is 37.9 Å². The van der Waals surface area contributed by atoms with Gasteiger partial charge in [0.15, 0.2) is 0 Å². The van der Waals surface area contributed by atoms with E-state index in [1.807, 2.05) is 0 Å². The Balaban J connectivity index is 2.28. The first-order valence-corrected chi connectivity index (χ1v) is 7.14. The normalized spacial score (nSPS) is 16.7. The van der Waals surface area contributed by atoms with Gasteiger partial charge < -0.3 is 5.32 Å². The summed E-state index contributed by atoms with van der Waals surface area (Å²) in [6.45, 7) is 12.9. The predicted molar refractivity (Wildman–Crippen MR) is 71.8 cm³/mol. The molecule has 1 aliphatic carbocycles. The summed E-state index contributed by atoms with van der Waals surface area (Å²) in [6, 6.07) is 1.63. The second kappa shape index (κ2) is 7.29. The molecule has 1 N–H and O–H groups in total. The van der Waals surface area contributed by atoms with Gasteiger partial charge in [-0.05, 0) is 31.6 Å². The molecule has 0 aliphatic heterocycles. The molecule has 1 aliphatic rings. The standard InChI is InChI=1S/C14H30N2/c1-5-14(6-2)16(11-12(3)4)10-9-15-13-7-8-13/h12-15H,5-11H2,1-4H3. The topological polar surface area (TPSA) is 15.3 Å². The van der Waals surface area contributed by atoms with E-state index in [4.69, 9.17) is 0 Å². The molecule has 0 unspecified atom stereocenters. The summed E-state index contributed by atoms with van der Waals surface area (Å²) in [7, 11) is 0. The largest absolute Gasteiger partial charge is 0.313 e. The zero-order chi connectivity index (χ0) is 12.0. The van der Waals surface area contributed by atoms with Crippen LogP contribution in [-0.4, -0.2) is 36.6 Å². The number of nitrogens with one attached hydrogen (secondary N) is 1. The number of hydrogen-bond acceptors (Lipinski definition) is 2. The van der Waals surface area contributed by atoms with Gasteiger partial charge in [0.2, 0.25) is 0 Å². The molecule has 2 heteroatoms. The van der Waals surface area contributed by atoms with Crippen LogP contribution >= 0.6 is 0 Å². The van der Waals surface area contributed by atoms with Gasteiger partial charge in [-0.3, -0.25) is 4.90 Å². The van der Waals surface area contributed by atoms with Gasteiger partial charge in [0.1, 0.15) is 0 Å². The van der Waals surface area contributed by atoms with Crippen molar-refractivity contribution in [2.24, 2.45) is 5.92 Å². The molecule has 0 amide bonds. The van der Waals surface area contributed by atoms with Gasteiger partial charge in [-0.15, -0.1) is 0 Å². The molecule has 0 heterocycles. The first-order chi connectivity index (χ1) is 7.67. The maximum absolute atomic E-state index is 3.62. The van der Waals surface area contributed by atoms with E-state index in [1.165, 1.54) is 45.3 Å². The molecule has 0 bridgehead atoms. The number of nitrogens with zero attached hydrogens (tertiary/aromatic N) is 1. The van der Waals surface area contributed by atoms with E-state index in [0.717, 1.165) is 18.0 Å². The minimum Gasteiger partial charge on any atom is -0.313 e. The average Bonchev–Trinajstić information content (AvgIpc) is 3.02. The summed E-state index contributed by atoms with van der Waals surface area (Å²) >= 11 is 0. The second-order valence-electron chi connectivity index (χ2n) is 5.59. The Bertz CT molecular complexity index is 172. The van der Waals surface area contributed by atoms with Gasteiger partial charge in [0.25, 0.3) is 0 Å². The molecule has 16 heavy (non-hydrogen) atoms. The van der Waals surface area contributed by atoms with Crippen LogP contribution in [0, 0.1) is 5.92 Å². The van der Waals surface area contributed by atoms with Crippen molar-refractivity contribution >= 4 is 0 Å². The van der Waals surface area contributed by atoms with Gasteiger partial charge in [0, 0.05) is 31.7 Å². The van der Waals surface area contributed by atoms with Crippen molar-refractivity contribution in [1.82, 2.24) is 10.2 Å². The van der Waals surface area contributed by atoms with Crippen molar-refractivity contribution in [1.29, 1.82) is 0 Å². The van der Waals surface area contributed by atoms with Crippen molar-refractivity contribution in [3.63, 3.8) is 0 Å². The van der Waals surface area contributed by atoms with Crippen LogP contribution in [0.5, 0.6) is 0 Å². The van der Waals surface area contributed by atoms with Crippen LogP contribution in [-0.2, 0) is 0 Å². The molecule has 0 aromatic carbocycles. The summed E-state index contributed by atoms with van der Waals surface area (Å²) in [5, 5.41) is 3.62. The molecule has 1 fully saturated rings. The van der Waals surface area contributed by atoms with Crippen molar-refractivity contribution < 1.29 is 0 Å². The van der Waals surface area contributed by atoms with Gasteiger partial charge in [-0.1, -0.05) is 27.7 Å². The highest BCUT2D eigenvalue weighted by Crippen LogP contribution is 2.18. The van der Waals surface area contributed by atoms with E-state index in [1.54, 1.807) is 0 Å². The van der Waals surface area contributed by atoms with Gasteiger partial charge in [-0.2, -0.15) is 0 Å². The maximum Gasteiger partial charge on any atom is 0.0110 e. The molecule has 2 nitrogen and oxygen atoms in total. The van der Waals surface area contributed by atoms with E-state index in [9.17, 15) is 0 Å². The Kier molecular flexibility index (Phi) is 6.37. The zero-order valence-corrected chi connectivity index (χ0v) is 11.6. The summed E-state index contributed by atoms with van der Waals surface area (Å²) in [4.78, 5) is 2.68. The van der Waals surface area contributed by atoms with Gasteiger partial charge in [-0.25, -0.2) is 0 Å². The Hall–Kier alpha value is -0.0800. The summed E-state index contributed by atoms with van der Waals surface area (Å²) < 4.78 is 0. The lowest BCUT2D eigenvalue weighted by Gasteiger charge is -2.32. The minimum absolute atomic E-state index is 0.779. The molecular weight excluding hydrogens is 196 g/mol. The lowest BCUT2D eigenvalue weighted by molar-refractivity contribution is 0.166. The van der Waals surface area contributed by atoms with Gasteiger partial charge in [0.05, 0.1) is 0 Å². The van der Waals surface area contributed by atoms with Crippen LogP contribution in [0.4, 0.5) is 0 Å². The van der Waals surface area contributed by atoms with Crippen molar-refractivity contribution in [3.05, 3.63) is 0 Å². The molecule has 96 valence electrons. The Morgan fingerprint density at radius 3 is 2.25 bits per heavy atom. The fraction of sp³-hybridized carbons (Fsp3) is 1.00. The average molecular weight is 226 g/mol. The summed E-state index contributed by atoms with van der Waals surface area (Å²) in [6.07, 6.45) is 5.36. The Morgan fingerprint density at radius 2 is 1.81 bits per heavy atom. The smallest absolute Gasteiger partial charge is 0.0110 e. The molecule has 0 saturated heterocycles.